The SMILES string of the molecule is COC(=O)C(Nc1ccccc1Cl)c1cnccc1C. The second kappa shape index (κ2) is 6.39. The maximum Gasteiger partial charge on any atom is 0.333 e. The first kappa shape index (κ1) is 14.3. The van der Waals surface area contributed by atoms with Gasteiger partial charge in [0.15, 0.2) is 6.04 Å². The van der Waals surface area contributed by atoms with Crippen molar-refractivity contribution in [2.45, 2.75) is 13.0 Å². The number of anilines is 1. The second-order valence-corrected chi connectivity index (χ2v) is 4.72. The summed E-state index contributed by atoms with van der Waals surface area (Å²) in [6, 6.07) is 8.44. The summed E-state index contributed by atoms with van der Waals surface area (Å²) in [4.78, 5) is 16.1. The van der Waals surface area contributed by atoms with Crippen molar-refractivity contribution >= 4 is 23.3 Å². The summed E-state index contributed by atoms with van der Waals surface area (Å²) in [5, 5.41) is 3.65. The van der Waals surface area contributed by atoms with Crippen molar-refractivity contribution in [1.82, 2.24) is 4.98 Å². The van der Waals surface area contributed by atoms with Crippen molar-refractivity contribution in [1.29, 1.82) is 0 Å². The van der Waals surface area contributed by atoms with E-state index in [1.54, 1.807) is 18.5 Å². The van der Waals surface area contributed by atoms with Gasteiger partial charge in [0.2, 0.25) is 0 Å². The topological polar surface area (TPSA) is 51.2 Å². The molecule has 1 heterocycles. The third-order valence-corrected chi connectivity index (χ3v) is 3.33. The van der Waals surface area contributed by atoms with Crippen LogP contribution in [0.25, 0.3) is 0 Å². The van der Waals surface area contributed by atoms with Crippen LogP contribution in [0.3, 0.4) is 0 Å². The number of pyridine rings is 1. The van der Waals surface area contributed by atoms with Gasteiger partial charge in [0.05, 0.1) is 17.8 Å². The highest BCUT2D eigenvalue weighted by molar-refractivity contribution is 6.33. The van der Waals surface area contributed by atoms with Crippen LogP contribution >= 0.6 is 11.6 Å². The Balaban J connectivity index is 2.37. The zero-order valence-corrected chi connectivity index (χ0v) is 12.0. The molecule has 4 nitrogen and oxygen atoms in total. The van der Waals surface area contributed by atoms with E-state index in [4.69, 9.17) is 16.3 Å². The molecule has 104 valence electrons. The number of hydrogen-bond donors (Lipinski definition) is 1. The Morgan fingerprint density at radius 1 is 1.35 bits per heavy atom. The van der Waals surface area contributed by atoms with E-state index in [-0.39, 0.29) is 5.97 Å². The molecule has 0 amide bonds. The van der Waals surface area contributed by atoms with Crippen molar-refractivity contribution in [3.8, 4) is 0 Å². The number of rotatable bonds is 4. The van der Waals surface area contributed by atoms with Crippen molar-refractivity contribution in [2.24, 2.45) is 0 Å². The van der Waals surface area contributed by atoms with Gasteiger partial charge in [-0.2, -0.15) is 0 Å². The minimum absolute atomic E-state index is 0.388. The maximum atomic E-state index is 12.0. The average Bonchev–Trinajstić information content (AvgIpc) is 2.47. The van der Waals surface area contributed by atoms with E-state index in [2.05, 4.69) is 10.3 Å². The molecule has 5 heteroatoms. The molecule has 0 radical (unpaired) electrons. The summed E-state index contributed by atoms with van der Waals surface area (Å²) < 4.78 is 4.86. The van der Waals surface area contributed by atoms with E-state index in [1.807, 2.05) is 31.2 Å². The van der Waals surface area contributed by atoms with Crippen molar-refractivity contribution in [3.63, 3.8) is 0 Å². The number of carbonyl (C=O) groups excluding carboxylic acids is 1. The molecule has 0 aliphatic heterocycles. The summed E-state index contributed by atoms with van der Waals surface area (Å²) in [6.45, 7) is 1.92. The molecule has 0 bridgehead atoms. The maximum absolute atomic E-state index is 12.0. The van der Waals surface area contributed by atoms with Crippen molar-refractivity contribution < 1.29 is 9.53 Å². The van der Waals surface area contributed by atoms with Crippen LogP contribution in [0.15, 0.2) is 42.7 Å². The number of para-hydroxylation sites is 1. The predicted molar refractivity (Wildman–Crippen MR) is 78.8 cm³/mol. The van der Waals surface area contributed by atoms with Gasteiger partial charge in [0, 0.05) is 18.0 Å². The molecular weight excluding hydrogens is 276 g/mol. The molecule has 1 aromatic carbocycles. The van der Waals surface area contributed by atoms with E-state index in [0.29, 0.717) is 10.7 Å². The van der Waals surface area contributed by atoms with E-state index in [0.717, 1.165) is 11.1 Å². The summed E-state index contributed by atoms with van der Waals surface area (Å²) >= 11 is 6.11. The van der Waals surface area contributed by atoms with Crippen LogP contribution in [0.5, 0.6) is 0 Å². The number of carbonyl (C=O) groups is 1. The molecule has 1 aromatic heterocycles. The monoisotopic (exact) mass is 290 g/mol. The number of nitrogens with zero attached hydrogens (tertiary/aromatic N) is 1. The number of methoxy groups -OCH3 is 1. The molecule has 2 aromatic rings. The smallest absolute Gasteiger partial charge is 0.333 e. The largest absolute Gasteiger partial charge is 0.467 e. The van der Waals surface area contributed by atoms with Crippen LogP contribution in [0.2, 0.25) is 5.02 Å². The molecule has 0 saturated heterocycles. The zero-order valence-electron chi connectivity index (χ0n) is 11.3. The number of aromatic nitrogens is 1. The van der Waals surface area contributed by atoms with E-state index in [9.17, 15) is 4.79 Å². The summed E-state index contributed by atoms with van der Waals surface area (Å²) in [5.74, 6) is -0.388. The molecular formula is C15H15ClN2O2. The lowest BCUT2D eigenvalue weighted by atomic mass is 10.0. The molecule has 1 atom stereocenters. The van der Waals surface area contributed by atoms with Crippen LogP contribution in [0, 0.1) is 6.92 Å². The lowest BCUT2D eigenvalue weighted by Gasteiger charge is -2.20. The molecule has 0 spiro atoms. The first-order chi connectivity index (χ1) is 9.63. The zero-order chi connectivity index (χ0) is 14.5. The van der Waals surface area contributed by atoms with Gasteiger partial charge in [0.1, 0.15) is 0 Å². The lowest BCUT2D eigenvalue weighted by Crippen LogP contribution is -2.23. The van der Waals surface area contributed by atoms with Crippen LogP contribution in [0.1, 0.15) is 17.2 Å². The van der Waals surface area contributed by atoms with E-state index < -0.39 is 6.04 Å². The highest BCUT2D eigenvalue weighted by Crippen LogP contribution is 2.27. The Kier molecular flexibility index (Phi) is 4.58. The molecule has 0 fully saturated rings. The Hall–Kier alpha value is -2.07. The van der Waals surface area contributed by atoms with Gasteiger partial charge >= 0.3 is 5.97 Å². The Morgan fingerprint density at radius 2 is 2.10 bits per heavy atom. The number of hydrogen-bond acceptors (Lipinski definition) is 4. The first-order valence-electron chi connectivity index (χ1n) is 6.13. The van der Waals surface area contributed by atoms with Gasteiger partial charge in [-0.3, -0.25) is 4.98 Å². The molecule has 1 N–H and O–H groups in total. The second-order valence-electron chi connectivity index (χ2n) is 4.31. The molecule has 0 aliphatic carbocycles. The Labute approximate surface area is 122 Å². The highest BCUT2D eigenvalue weighted by Gasteiger charge is 2.23. The van der Waals surface area contributed by atoms with Crippen LogP contribution < -0.4 is 5.32 Å². The fraction of sp³-hybridized carbons (Fsp3) is 0.200. The van der Waals surface area contributed by atoms with Gasteiger partial charge in [0.25, 0.3) is 0 Å². The third-order valence-electron chi connectivity index (χ3n) is 3.00. The normalized spacial score (nSPS) is 11.8. The summed E-state index contributed by atoms with van der Waals surface area (Å²) in [6.07, 6.45) is 3.34. The van der Waals surface area contributed by atoms with Crippen molar-refractivity contribution in [2.75, 3.05) is 12.4 Å². The average molecular weight is 291 g/mol. The number of benzene rings is 1. The number of nitrogens with one attached hydrogen (secondary N) is 1. The van der Waals surface area contributed by atoms with Gasteiger partial charge < -0.3 is 10.1 Å². The number of aryl methyl sites for hydroxylation is 1. The Bertz CT molecular complexity index is 616. The number of ether oxygens (including phenoxy) is 1. The highest BCUT2D eigenvalue weighted by atomic mass is 35.5. The third kappa shape index (κ3) is 3.08. The van der Waals surface area contributed by atoms with E-state index >= 15 is 0 Å². The first-order valence-corrected chi connectivity index (χ1v) is 6.50. The molecule has 2 rings (SSSR count). The van der Waals surface area contributed by atoms with Gasteiger partial charge in [-0.1, -0.05) is 23.7 Å². The van der Waals surface area contributed by atoms with Crippen LogP contribution in [0.4, 0.5) is 5.69 Å². The van der Waals surface area contributed by atoms with Gasteiger partial charge in [-0.25, -0.2) is 4.79 Å². The fourth-order valence-electron chi connectivity index (χ4n) is 1.89. The van der Waals surface area contributed by atoms with Gasteiger partial charge in [-0.15, -0.1) is 0 Å². The Morgan fingerprint density at radius 3 is 2.75 bits per heavy atom. The lowest BCUT2D eigenvalue weighted by molar-refractivity contribution is -0.141. The van der Waals surface area contributed by atoms with Crippen LogP contribution in [-0.4, -0.2) is 18.1 Å². The molecule has 0 aliphatic rings. The summed E-state index contributed by atoms with van der Waals surface area (Å²) in [7, 11) is 1.36. The minimum atomic E-state index is -0.645. The standard InChI is InChI=1S/C15H15ClN2O2/c1-10-7-8-17-9-11(10)14(15(19)20-2)18-13-6-4-3-5-12(13)16/h3-9,14,18H,1-2H3. The van der Waals surface area contributed by atoms with Crippen LogP contribution in [-0.2, 0) is 9.53 Å². The number of halogens is 1. The number of esters is 1. The predicted octanol–water partition coefficient (Wildman–Crippen LogP) is 3.37. The van der Waals surface area contributed by atoms with Gasteiger partial charge in [-0.05, 0) is 30.7 Å². The molecule has 20 heavy (non-hydrogen) atoms. The van der Waals surface area contributed by atoms with E-state index in [1.165, 1.54) is 7.11 Å². The summed E-state index contributed by atoms with van der Waals surface area (Å²) in [5.41, 5.74) is 2.39. The quantitative estimate of drug-likeness (QED) is 0.877. The fourth-order valence-corrected chi connectivity index (χ4v) is 2.08. The van der Waals surface area contributed by atoms with Crippen molar-refractivity contribution in [3.05, 3.63) is 58.9 Å². The minimum Gasteiger partial charge on any atom is -0.467 e. The molecule has 1 unspecified atom stereocenters. The molecule has 0 saturated carbocycles.